The van der Waals surface area contributed by atoms with Crippen LogP contribution in [0.25, 0.3) is 0 Å². The Balaban J connectivity index is 2.11. The first kappa shape index (κ1) is 9.04. The molecule has 1 aliphatic heterocycles. The average Bonchev–Trinajstić information content (AvgIpc) is 2.52. The predicted molar refractivity (Wildman–Crippen MR) is 46.8 cm³/mol. The Kier molecular flexibility index (Phi) is 3.91. The van der Waals surface area contributed by atoms with Gasteiger partial charge >= 0.3 is 0 Å². The Morgan fingerprint density at radius 3 is 3.18 bits per heavy atom. The molecule has 0 radical (unpaired) electrons. The quantitative estimate of drug-likeness (QED) is 0.702. The second kappa shape index (κ2) is 4.75. The standard InChI is InChI=1S/C8H14ClNO/c1-7(4-9)5-10-8-2-3-11-6-8/h4,8,10H,2-3,5-6H2,1H3. The number of rotatable bonds is 3. The van der Waals surface area contributed by atoms with E-state index in [-0.39, 0.29) is 0 Å². The van der Waals surface area contributed by atoms with Gasteiger partial charge in [-0.1, -0.05) is 11.6 Å². The first-order valence-corrected chi connectivity index (χ1v) is 4.33. The van der Waals surface area contributed by atoms with Crippen LogP contribution in [-0.4, -0.2) is 25.8 Å². The van der Waals surface area contributed by atoms with Gasteiger partial charge in [0.1, 0.15) is 0 Å². The minimum atomic E-state index is 0.529. The van der Waals surface area contributed by atoms with Gasteiger partial charge < -0.3 is 10.1 Å². The van der Waals surface area contributed by atoms with Crippen LogP contribution >= 0.6 is 11.6 Å². The highest BCUT2D eigenvalue weighted by atomic mass is 35.5. The average molecular weight is 176 g/mol. The summed E-state index contributed by atoms with van der Waals surface area (Å²) in [7, 11) is 0. The van der Waals surface area contributed by atoms with E-state index in [1.165, 1.54) is 5.57 Å². The van der Waals surface area contributed by atoms with Crippen LogP contribution in [0.3, 0.4) is 0 Å². The largest absolute Gasteiger partial charge is 0.380 e. The summed E-state index contributed by atoms with van der Waals surface area (Å²) < 4.78 is 5.21. The van der Waals surface area contributed by atoms with E-state index in [1.54, 1.807) is 5.54 Å². The molecule has 1 fully saturated rings. The number of nitrogens with one attached hydrogen (secondary N) is 1. The van der Waals surface area contributed by atoms with Gasteiger partial charge in [0.15, 0.2) is 0 Å². The number of hydrogen-bond acceptors (Lipinski definition) is 2. The summed E-state index contributed by atoms with van der Waals surface area (Å²) in [6, 6.07) is 0.529. The first-order chi connectivity index (χ1) is 5.33. The number of hydrogen-bond donors (Lipinski definition) is 1. The van der Waals surface area contributed by atoms with Gasteiger partial charge in [0.25, 0.3) is 0 Å². The molecule has 1 unspecified atom stereocenters. The van der Waals surface area contributed by atoms with Crippen molar-refractivity contribution in [2.75, 3.05) is 19.8 Å². The molecule has 0 aromatic rings. The molecule has 0 amide bonds. The highest BCUT2D eigenvalue weighted by Crippen LogP contribution is 2.03. The predicted octanol–water partition coefficient (Wildman–Crippen LogP) is 1.51. The van der Waals surface area contributed by atoms with Crippen molar-refractivity contribution in [3.05, 3.63) is 11.1 Å². The molecule has 1 atom stereocenters. The van der Waals surface area contributed by atoms with Crippen LogP contribution in [0.15, 0.2) is 11.1 Å². The minimum absolute atomic E-state index is 0.529. The van der Waals surface area contributed by atoms with Crippen molar-refractivity contribution in [1.82, 2.24) is 5.32 Å². The maximum absolute atomic E-state index is 5.50. The Bertz CT molecular complexity index is 141. The van der Waals surface area contributed by atoms with E-state index in [1.807, 2.05) is 6.92 Å². The van der Waals surface area contributed by atoms with Crippen molar-refractivity contribution in [3.8, 4) is 0 Å². The van der Waals surface area contributed by atoms with Crippen LogP contribution in [-0.2, 0) is 4.74 Å². The molecule has 64 valence electrons. The third-order valence-corrected chi connectivity index (χ3v) is 2.16. The third-order valence-electron chi connectivity index (χ3n) is 1.79. The van der Waals surface area contributed by atoms with E-state index in [9.17, 15) is 0 Å². The summed E-state index contributed by atoms with van der Waals surface area (Å²) in [6.07, 6.45) is 1.12. The first-order valence-electron chi connectivity index (χ1n) is 3.90. The van der Waals surface area contributed by atoms with Crippen LogP contribution in [0, 0.1) is 0 Å². The van der Waals surface area contributed by atoms with Gasteiger partial charge in [-0.05, 0) is 18.9 Å². The van der Waals surface area contributed by atoms with Gasteiger partial charge in [0.2, 0.25) is 0 Å². The molecule has 1 aliphatic rings. The highest BCUT2D eigenvalue weighted by Gasteiger charge is 2.13. The molecular weight excluding hydrogens is 162 g/mol. The summed E-state index contributed by atoms with van der Waals surface area (Å²) in [5.41, 5.74) is 2.78. The molecule has 1 N–H and O–H groups in total. The smallest absolute Gasteiger partial charge is 0.0620 e. The van der Waals surface area contributed by atoms with E-state index in [0.717, 1.165) is 26.2 Å². The monoisotopic (exact) mass is 175 g/mol. The topological polar surface area (TPSA) is 21.3 Å². The maximum atomic E-state index is 5.50. The molecule has 11 heavy (non-hydrogen) atoms. The Hall–Kier alpha value is -0.0500. The summed E-state index contributed by atoms with van der Waals surface area (Å²) in [6.45, 7) is 4.62. The van der Waals surface area contributed by atoms with Crippen LogP contribution in [0.4, 0.5) is 0 Å². The zero-order chi connectivity index (χ0) is 8.10. The molecule has 0 bridgehead atoms. The number of ether oxygens (including phenoxy) is 1. The van der Waals surface area contributed by atoms with Crippen molar-refractivity contribution in [3.63, 3.8) is 0 Å². The fourth-order valence-electron chi connectivity index (χ4n) is 1.04. The van der Waals surface area contributed by atoms with Crippen LogP contribution in [0.2, 0.25) is 0 Å². The van der Waals surface area contributed by atoms with Gasteiger partial charge in [-0.3, -0.25) is 0 Å². The van der Waals surface area contributed by atoms with Gasteiger partial charge in [-0.2, -0.15) is 0 Å². The SMILES string of the molecule is CC(=CCl)CNC1CCOC1. The summed E-state index contributed by atoms with van der Waals surface area (Å²) in [5.74, 6) is 0. The van der Waals surface area contributed by atoms with Crippen LogP contribution < -0.4 is 5.32 Å². The molecular formula is C8H14ClNO. The minimum Gasteiger partial charge on any atom is -0.380 e. The molecule has 0 aliphatic carbocycles. The molecule has 3 heteroatoms. The summed E-state index contributed by atoms with van der Waals surface area (Å²) in [5, 5.41) is 3.35. The fourth-order valence-corrected chi connectivity index (χ4v) is 1.12. The van der Waals surface area contributed by atoms with Gasteiger partial charge in [0.05, 0.1) is 6.61 Å². The summed E-state index contributed by atoms with van der Waals surface area (Å²) in [4.78, 5) is 0. The van der Waals surface area contributed by atoms with Gasteiger partial charge in [-0.25, -0.2) is 0 Å². The lowest BCUT2D eigenvalue weighted by Gasteiger charge is -2.09. The van der Waals surface area contributed by atoms with Crippen molar-refractivity contribution in [2.45, 2.75) is 19.4 Å². The van der Waals surface area contributed by atoms with Gasteiger partial charge in [0, 0.05) is 24.7 Å². The maximum Gasteiger partial charge on any atom is 0.0620 e. The molecule has 0 spiro atoms. The van der Waals surface area contributed by atoms with E-state index < -0.39 is 0 Å². The zero-order valence-electron chi connectivity index (χ0n) is 6.77. The third kappa shape index (κ3) is 3.23. The van der Waals surface area contributed by atoms with Crippen LogP contribution in [0.5, 0.6) is 0 Å². The summed E-state index contributed by atoms with van der Waals surface area (Å²) >= 11 is 5.50. The second-order valence-corrected chi connectivity index (χ2v) is 3.12. The Morgan fingerprint density at radius 1 is 1.82 bits per heavy atom. The second-order valence-electron chi connectivity index (χ2n) is 2.90. The van der Waals surface area contributed by atoms with Gasteiger partial charge in [-0.15, -0.1) is 0 Å². The molecule has 1 heterocycles. The van der Waals surface area contributed by atoms with Crippen molar-refractivity contribution in [2.24, 2.45) is 0 Å². The van der Waals surface area contributed by atoms with Crippen molar-refractivity contribution >= 4 is 11.6 Å². The van der Waals surface area contributed by atoms with Crippen molar-refractivity contribution in [1.29, 1.82) is 0 Å². The lowest BCUT2D eigenvalue weighted by Crippen LogP contribution is -2.30. The molecule has 0 aromatic carbocycles. The fraction of sp³-hybridized carbons (Fsp3) is 0.750. The highest BCUT2D eigenvalue weighted by molar-refractivity contribution is 6.25. The molecule has 1 rings (SSSR count). The molecule has 2 nitrogen and oxygen atoms in total. The molecule has 0 saturated carbocycles. The van der Waals surface area contributed by atoms with E-state index in [0.29, 0.717) is 6.04 Å². The van der Waals surface area contributed by atoms with E-state index in [4.69, 9.17) is 16.3 Å². The number of halogens is 1. The van der Waals surface area contributed by atoms with E-state index in [2.05, 4.69) is 5.32 Å². The van der Waals surface area contributed by atoms with E-state index >= 15 is 0 Å². The Labute approximate surface area is 72.6 Å². The van der Waals surface area contributed by atoms with Crippen molar-refractivity contribution < 1.29 is 4.74 Å². The normalized spacial score (nSPS) is 26.0. The molecule has 0 aromatic heterocycles. The van der Waals surface area contributed by atoms with Crippen LogP contribution in [0.1, 0.15) is 13.3 Å². The Morgan fingerprint density at radius 2 is 2.64 bits per heavy atom. The zero-order valence-corrected chi connectivity index (χ0v) is 7.53. The lowest BCUT2D eigenvalue weighted by molar-refractivity contribution is 0.190. The lowest BCUT2D eigenvalue weighted by atomic mass is 10.2. The molecule has 1 saturated heterocycles.